The second kappa shape index (κ2) is 5.71. The number of carbonyl (C=O) groups excluding carboxylic acids is 1. The number of carbonyl (C=O) groups is 2. The van der Waals surface area contributed by atoms with E-state index in [-0.39, 0.29) is 17.9 Å². The van der Waals surface area contributed by atoms with E-state index in [1.54, 1.807) is 0 Å². The van der Waals surface area contributed by atoms with Crippen LogP contribution in [0.2, 0.25) is 0 Å². The zero-order chi connectivity index (χ0) is 14.6. The van der Waals surface area contributed by atoms with Gasteiger partial charge in [0, 0.05) is 5.69 Å². The van der Waals surface area contributed by atoms with Gasteiger partial charge in [0.15, 0.2) is 0 Å². The van der Waals surface area contributed by atoms with Crippen molar-refractivity contribution >= 4 is 23.3 Å². The van der Waals surface area contributed by atoms with E-state index in [1.165, 1.54) is 18.2 Å². The molecule has 6 nitrogen and oxygen atoms in total. The van der Waals surface area contributed by atoms with Crippen LogP contribution in [0.1, 0.15) is 31.1 Å². The predicted molar refractivity (Wildman–Crippen MR) is 72.1 cm³/mol. The van der Waals surface area contributed by atoms with Crippen LogP contribution in [0, 0.1) is 0 Å². The maximum absolute atomic E-state index is 11.7. The molecule has 19 heavy (non-hydrogen) atoms. The lowest BCUT2D eigenvalue weighted by molar-refractivity contribution is -0.125. The molecule has 0 aliphatic carbocycles. The summed E-state index contributed by atoms with van der Waals surface area (Å²) >= 11 is 0. The molecular weight excluding hydrogens is 248 g/mol. The summed E-state index contributed by atoms with van der Waals surface area (Å²) in [5.74, 6) is -1.57. The normalized spacial score (nSPS) is 11.1. The second-order valence-electron chi connectivity index (χ2n) is 5.06. The third-order valence-electron chi connectivity index (χ3n) is 2.18. The lowest BCUT2D eigenvalue weighted by Crippen LogP contribution is -2.27. The number of rotatable bonds is 4. The van der Waals surface area contributed by atoms with Gasteiger partial charge in [-0.15, -0.1) is 0 Å². The van der Waals surface area contributed by atoms with Gasteiger partial charge in [0.05, 0.1) is 16.9 Å². The quantitative estimate of drug-likeness (QED) is 0.720. The van der Waals surface area contributed by atoms with Crippen molar-refractivity contribution in [1.29, 1.82) is 0 Å². The van der Waals surface area contributed by atoms with Crippen LogP contribution < -0.4 is 11.1 Å². The summed E-state index contributed by atoms with van der Waals surface area (Å²) in [6, 6.07) is 4.27. The minimum atomic E-state index is -1.15. The number of carboxylic acid groups (broad SMARTS) is 1. The molecule has 104 valence electrons. The standard InChI is InChI=1S/C13H18N2O4/c1-13(2,3)19-7-11(16)15-10-5-4-8(14)6-9(10)12(17)18/h4-6H,7,14H2,1-3H3,(H,15,16)(H,17,18). The van der Waals surface area contributed by atoms with E-state index in [9.17, 15) is 9.59 Å². The van der Waals surface area contributed by atoms with Crippen LogP contribution in [0.5, 0.6) is 0 Å². The molecule has 0 fully saturated rings. The van der Waals surface area contributed by atoms with Gasteiger partial charge in [0.25, 0.3) is 0 Å². The molecule has 1 rings (SSSR count). The lowest BCUT2D eigenvalue weighted by Gasteiger charge is -2.19. The van der Waals surface area contributed by atoms with E-state index in [0.29, 0.717) is 5.69 Å². The molecule has 6 heteroatoms. The minimum absolute atomic E-state index is 0.0518. The van der Waals surface area contributed by atoms with Crippen LogP contribution in [0.3, 0.4) is 0 Å². The molecule has 0 aromatic heterocycles. The highest BCUT2D eigenvalue weighted by atomic mass is 16.5. The number of carboxylic acids is 1. The minimum Gasteiger partial charge on any atom is -0.478 e. The fourth-order valence-electron chi connectivity index (χ4n) is 1.32. The van der Waals surface area contributed by atoms with Crippen molar-refractivity contribution < 1.29 is 19.4 Å². The van der Waals surface area contributed by atoms with Crippen molar-refractivity contribution in [3.63, 3.8) is 0 Å². The first kappa shape index (κ1) is 15.0. The Balaban J connectivity index is 2.77. The van der Waals surface area contributed by atoms with Crippen LogP contribution in [0.25, 0.3) is 0 Å². The zero-order valence-electron chi connectivity index (χ0n) is 11.2. The third kappa shape index (κ3) is 4.97. The van der Waals surface area contributed by atoms with Crippen molar-refractivity contribution in [2.24, 2.45) is 0 Å². The number of nitrogens with two attached hydrogens (primary N) is 1. The number of hydrogen-bond acceptors (Lipinski definition) is 4. The second-order valence-corrected chi connectivity index (χ2v) is 5.06. The van der Waals surface area contributed by atoms with Crippen molar-refractivity contribution in [1.82, 2.24) is 0 Å². The molecule has 0 saturated carbocycles. The Kier molecular flexibility index (Phi) is 4.50. The van der Waals surface area contributed by atoms with E-state index >= 15 is 0 Å². The predicted octanol–water partition coefficient (Wildman–Crippen LogP) is 1.72. The molecule has 0 atom stereocenters. The summed E-state index contributed by atoms with van der Waals surface area (Å²) in [6.07, 6.45) is 0. The van der Waals surface area contributed by atoms with E-state index in [1.807, 2.05) is 20.8 Å². The van der Waals surface area contributed by atoms with E-state index < -0.39 is 17.5 Å². The fraction of sp³-hybridized carbons (Fsp3) is 0.385. The van der Waals surface area contributed by atoms with E-state index in [2.05, 4.69) is 5.32 Å². The van der Waals surface area contributed by atoms with Crippen LogP contribution >= 0.6 is 0 Å². The monoisotopic (exact) mass is 266 g/mol. The smallest absolute Gasteiger partial charge is 0.337 e. The first-order valence-corrected chi connectivity index (χ1v) is 5.75. The Hall–Kier alpha value is -2.08. The van der Waals surface area contributed by atoms with Crippen molar-refractivity contribution in [2.45, 2.75) is 26.4 Å². The number of anilines is 2. The molecule has 0 unspecified atom stereocenters. The Bertz CT molecular complexity index is 492. The first-order chi connectivity index (χ1) is 8.69. The highest BCUT2D eigenvalue weighted by Crippen LogP contribution is 2.19. The van der Waals surface area contributed by atoms with E-state index in [4.69, 9.17) is 15.6 Å². The topological polar surface area (TPSA) is 102 Å². The van der Waals surface area contributed by atoms with Crippen molar-refractivity contribution in [2.75, 3.05) is 17.7 Å². The Morgan fingerprint density at radius 2 is 2.00 bits per heavy atom. The van der Waals surface area contributed by atoms with Gasteiger partial charge in [-0.3, -0.25) is 4.79 Å². The van der Waals surface area contributed by atoms with Crippen molar-refractivity contribution in [3.05, 3.63) is 23.8 Å². The largest absolute Gasteiger partial charge is 0.478 e. The summed E-state index contributed by atoms with van der Waals surface area (Å²) < 4.78 is 5.30. The van der Waals surface area contributed by atoms with Gasteiger partial charge >= 0.3 is 5.97 Å². The summed E-state index contributed by atoms with van der Waals surface area (Å²) in [7, 11) is 0. The SMILES string of the molecule is CC(C)(C)OCC(=O)Nc1ccc(N)cc1C(=O)O. The molecular formula is C13H18N2O4. The lowest BCUT2D eigenvalue weighted by atomic mass is 10.1. The van der Waals surface area contributed by atoms with E-state index in [0.717, 1.165) is 0 Å². The Morgan fingerprint density at radius 1 is 1.37 bits per heavy atom. The van der Waals surface area contributed by atoms with Crippen molar-refractivity contribution in [3.8, 4) is 0 Å². The van der Waals surface area contributed by atoms with Gasteiger partial charge in [0.1, 0.15) is 6.61 Å². The highest BCUT2D eigenvalue weighted by Gasteiger charge is 2.16. The van der Waals surface area contributed by atoms with Crippen LogP contribution in [-0.4, -0.2) is 29.2 Å². The summed E-state index contributed by atoms with van der Waals surface area (Å²) in [6.45, 7) is 5.33. The average Bonchev–Trinajstić information content (AvgIpc) is 2.28. The first-order valence-electron chi connectivity index (χ1n) is 5.75. The van der Waals surface area contributed by atoms with Gasteiger partial charge in [-0.05, 0) is 39.0 Å². The molecule has 1 aromatic rings. The highest BCUT2D eigenvalue weighted by molar-refractivity contribution is 6.01. The van der Waals surface area contributed by atoms with Crippen LogP contribution in [0.4, 0.5) is 11.4 Å². The number of hydrogen-bond donors (Lipinski definition) is 3. The van der Waals surface area contributed by atoms with Gasteiger partial charge in [-0.2, -0.15) is 0 Å². The summed E-state index contributed by atoms with van der Waals surface area (Å²) in [4.78, 5) is 22.7. The molecule has 0 spiro atoms. The molecule has 0 bridgehead atoms. The van der Waals surface area contributed by atoms with Crippen LogP contribution in [-0.2, 0) is 9.53 Å². The summed E-state index contributed by atoms with van der Waals surface area (Å²) in [5, 5.41) is 11.5. The third-order valence-corrected chi connectivity index (χ3v) is 2.18. The number of amides is 1. The molecule has 0 heterocycles. The Labute approximate surface area is 111 Å². The van der Waals surface area contributed by atoms with Gasteiger partial charge in [-0.25, -0.2) is 4.79 Å². The number of aromatic carboxylic acids is 1. The van der Waals surface area contributed by atoms with Gasteiger partial charge in [-0.1, -0.05) is 0 Å². The number of nitrogens with one attached hydrogen (secondary N) is 1. The molecule has 0 aliphatic rings. The average molecular weight is 266 g/mol. The molecule has 1 aromatic carbocycles. The molecule has 4 N–H and O–H groups in total. The number of benzene rings is 1. The summed E-state index contributed by atoms with van der Waals surface area (Å²) in [5.41, 5.74) is 5.54. The van der Waals surface area contributed by atoms with Gasteiger partial charge < -0.3 is 20.9 Å². The maximum atomic E-state index is 11.7. The molecule has 1 amide bonds. The maximum Gasteiger partial charge on any atom is 0.337 e. The number of ether oxygens (including phenoxy) is 1. The van der Waals surface area contributed by atoms with Crippen LogP contribution in [0.15, 0.2) is 18.2 Å². The molecule has 0 saturated heterocycles. The molecule has 0 aliphatic heterocycles. The fourth-order valence-corrected chi connectivity index (χ4v) is 1.32. The van der Waals surface area contributed by atoms with Gasteiger partial charge in [0.2, 0.25) is 5.91 Å². The zero-order valence-corrected chi connectivity index (χ0v) is 11.2. The molecule has 0 radical (unpaired) electrons. The number of nitrogen functional groups attached to an aromatic ring is 1. The Morgan fingerprint density at radius 3 is 2.53 bits per heavy atom.